The fraction of sp³-hybridized carbons (Fsp3) is 0.0164. The number of hydrogen-bond donors (Lipinski definition) is 0. The molecule has 0 unspecified atom stereocenters. The Bertz CT molecular complexity index is 3390. The van der Waals surface area contributed by atoms with E-state index in [2.05, 4.69) is 235 Å². The lowest BCUT2D eigenvalue weighted by Crippen LogP contribution is -2.25. The van der Waals surface area contributed by atoms with E-state index in [9.17, 15) is 0 Å². The van der Waals surface area contributed by atoms with Gasteiger partial charge in [0.2, 0.25) is 0 Å². The van der Waals surface area contributed by atoms with Crippen molar-refractivity contribution in [3.8, 4) is 78.6 Å². The molecule has 0 saturated carbocycles. The molecule has 0 aromatic heterocycles. The first kappa shape index (κ1) is 36.3. The average Bonchev–Trinajstić information content (AvgIpc) is 3.85. The molecule has 1 heterocycles. The number of benzene rings is 10. The minimum atomic E-state index is -0.484. The number of fused-ring (bicyclic) bond motifs is 13. The van der Waals surface area contributed by atoms with Gasteiger partial charge in [0.1, 0.15) is 0 Å². The summed E-state index contributed by atoms with van der Waals surface area (Å²) in [6, 6.07) is 84.8. The molecule has 0 saturated heterocycles. The van der Waals surface area contributed by atoms with Gasteiger partial charge in [-0.15, -0.1) is 0 Å². The zero-order chi connectivity index (χ0) is 42.2. The number of anilines is 3. The first-order chi connectivity index (χ1) is 31.7. The Kier molecular flexibility index (Phi) is 8.13. The van der Waals surface area contributed by atoms with Crippen molar-refractivity contribution in [1.82, 2.24) is 0 Å². The van der Waals surface area contributed by atoms with Crippen molar-refractivity contribution < 1.29 is 9.47 Å². The van der Waals surface area contributed by atoms with E-state index in [1.54, 1.807) is 0 Å². The van der Waals surface area contributed by atoms with E-state index in [0.717, 1.165) is 56.2 Å². The van der Waals surface area contributed by atoms with Crippen molar-refractivity contribution in [3.05, 3.63) is 259 Å². The second-order valence-electron chi connectivity index (χ2n) is 16.7. The van der Waals surface area contributed by atoms with Crippen molar-refractivity contribution in [1.29, 1.82) is 0 Å². The van der Waals surface area contributed by atoms with Crippen LogP contribution in [0.15, 0.2) is 237 Å². The van der Waals surface area contributed by atoms with Crippen LogP contribution in [0.25, 0.3) is 55.6 Å². The van der Waals surface area contributed by atoms with Gasteiger partial charge in [-0.05, 0) is 109 Å². The van der Waals surface area contributed by atoms with Gasteiger partial charge >= 0.3 is 0 Å². The molecule has 10 aromatic carbocycles. The maximum absolute atomic E-state index is 7.24. The van der Waals surface area contributed by atoms with Gasteiger partial charge in [0, 0.05) is 22.9 Å². The van der Waals surface area contributed by atoms with Gasteiger partial charge in [0.25, 0.3) is 0 Å². The quantitative estimate of drug-likeness (QED) is 0.167. The average molecular weight is 818 g/mol. The Balaban J connectivity index is 0.983. The van der Waals surface area contributed by atoms with Gasteiger partial charge in [0.15, 0.2) is 23.0 Å². The highest BCUT2D eigenvalue weighted by atomic mass is 16.6. The lowest BCUT2D eigenvalue weighted by molar-refractivity contribution is 0.360. The molecule has 3 heteroatoms. The SMILES string of the molecule is c1ccc(-c2ccc(N(c3ccc4c(c3)Oc3c(ccc5c3-c3ccccc3C53c5ccccc5-c5ccccc53)O4)c3ccc(-c4ccccc4)cc3-c3ccccc3)cc2)cc1. The van der Waals surface area contributed by atoms with Crippen LogP contribution in [0, 0.1) is 0 Å². The van der Waals surface area contributed by atoms with Crippen molar-refractivity contribution in [3.63, 3.8) is 0 Å². The van der Waals surface area contributed by atoms with Gasteiger partial charge in [0.05, 0.1) is 16.8 Å². The molecule has 0 N–H and O–H groups in total. The van der Waals surface area contributed by atoms with Crippen LogP contribution in [-0.2, 0) is 5.41 Å². The van der Waals surface area contributed by atoms with E-state index in [-0.39, 0.29) is 0 Å². The molecule has 0 fully saturated rings. The van der Waals surface area contributed by atoms with Crippen LogP contribution in [0.4, 0.5) is 17.1 Å². The second kappa shape index (κ2) is 14.3. The fourth-order valence-corrected chi connectivity index (χ4v) is 10.6. The van der Waals surface area contributed by atoms with E-state index >= 15 is 0 Å². The molecule has 300 valence electrons. The summed E-state index contributed by atoms with van der Waals surface area (Å²) >= 11 is 0. The lowest BCUT2D eigenvalue weighted by atomic mass is 9.70. The molecule has 64 heavy (non-hydrogen) atoms. The second-order valence-corrected chi connectivity index (χ2v) is 16.7. The maximum atomic E-state index is 7.24. The zero-order valence-electron chi connectivity index (χ0n) is 34.8. The molecule has 0 amide bonds. The molecule has 0 radical (unpaired) electrons. The number of rotatable bonds is 6. The van der Waals surface area contributed by atoms with E-state index < -0.39 is 5.41 Å². The van der Waals surface area contributed by atoms with Crippen LogP contribution in [0.2, 0.25) is 0 Å². The van der Waals surface area contributed by atoms with Crippen molar-refractivity contribution in [2.75, 3.05) is 4.90 Å². The Hall–Kier alpha value is -8.40. The molecule has 1 spiro atoms. The normalized spacial score (nSPS) is 13.1. The van der Waals surface area contributed by atoms with Gasteiger partial charge in [-0.3, -0.25) is 0 Å². The molecule has 3 aliphatic rings. The summed E-state index contributed by atoms with van der Waals surface area (Å²) in [7, 11) is 0. The maximum Gasteiger partial charge on any atom is 0.178 e. The minimum Gasteiger partial charge on any atom is -0.449 e. The van der Waals surface area contributed by atoms with E-state index in [4.69, 9.17) is 9.47 Å². The summed E-state index contributed by atoms with van der Waals surface area (Å²) < 4.78 is 14.1. The van der Waals surface area contributed by atoms with Crippen LogP contribution in [-0.4, -0.2) is 0 Å². The van der Waals surface area contributed by atoms with Crippen LogP contribution in [0.3, 0.4) is 0 Å². The Morgan fingerprint density at radius 3 is 1.45 bits per heavy atom. The highest BCUT2D eigenvalue weighted by molar-refractivity contribution is 5.98. The zero-order valence-corrected chi connectivity index (χ0v) is 34.8. The number of ether oxygens (including phenoxy) is 2. The predicted octanol–water partition coefficient (Wildman–Crippen LogP) is 16.4. The molecular weight excluding hydrogens is 779 g/mol. The molecule has 13 rings (SSSR count). The van der Waals surface area contributed by atoms with Crippen molar-refractivity contribution in [2.45, 2.75) is 5.41 Å². The summed E-state index contributed by atoms with van der Waals surface area (Å²) in [4.78, 5) is 2.34. The lowest BCUT2D eigenvalue weighted by Gasteiger charge is -2.31. The summed E-state index contributed by atoms with van der Waals surface area (Å²) in [5, 5.41) is 0. The van der Waals surface area contributed by atoms with Gasteiger partial charge < -0.3 is 14.4 Å². The van der Waals surface area contributed by atoms with Crippen LogP contribution < -0.4 is 14.4 Å². The third-order valence-corrected chi connectivity index (χ3v) is 13.4. The highest BCUT2D eigenvalue weighted by Crippen LogP contribution is 2.66. The number of hydrogen-bond acceptors (Lipinski definition) is 3. The third kappa shape index (κ3) is 5.41. The van der Waals surface area contributed by atoms with Gasteiger partial charge in [-0.1, -0.05) is 188 Å². The third-order valence-electron chi connectivity index (χ3n) is 13.4. The highest BCUT2D eigenvalue weighted by Gasteiger charge is 2.53. The predicted molar refractivity (Wildman–Crippen MR) is 260 cm³/mol. The molecule has 1 aliphatic heterocycles. The summed E-state index contributed by atoms with van der Waals surface area (Å²) in [5.74, 6) is 2.79. The largest absolute Gasteiger partial charge is 0.449 e. The molecule has 0 bridgehead atoms. The Morgan fingerprint density at radius 2 is 0.797 bits per heavy atom. The summed E-state index contributed by atoms with van der Waals surface area (Å²) in [6.07, 6.45) is 0. The van der Waals surface area contributed by atoms with E-state index in [0.29, 0.717) is 17.2 Å². The monoisotopic (exact) mass is 817 g/mol. The Morgan fingerprint density at radius 1 is 0.297 bits per heavy atom. The van der Waals surface area contributed by atoms with E-state index in [1.165, 1.54) is 44.5 Å². The van der Waals surface area contributed by atoms with E-state index in [1.807, 2.05) is 6.07 Å². The van der Waals surface area contributed by atoms with Gasteiger partial charge in [-0.25, -0.2) is 0 Å². The molecule has 2 aliphatic carbocycles. The topological polar surface area (TPSA) is 21.7 Å². The molecule has 10 aromatic rings. The van der Waals surface area contributed by atoms with Gasteiger partial charge in [-0.2, -0.15) is 0 Å². The number of nitrogens with zero attached hydrogens (tertiary/aromatic N) is 1. The van der Waals surface area contributed by atoms with Crippen LogP contribution in [0.1, 0.15) is 22.3 Å². The summed E-state index contributed by atoms with van der Waals surface area (Å²) in [5.41, 5.74) is 19.3. The fourth-order valence-electron chi connectivity index (χ4n) is 10.6. The Labute approximate surface area is 372 Å². The summed E-state index contributed by atoms with van der Waals surface area (Å²) in [6.45, 7) is 0. The standard InChI is InChI=1S/C61H39NO2/c1-4-16-40(17-5-1)42-28-31-45(32-29-42)62(55-35-30-44(41-18-6-2-7-19-41)38-50(55)43-20-8-3-9-21-43)46-33-36-56-58(39-46)64-60-57(63-56)37-34-54-59(60)49-24-12-15-27-53(49)61(54)51-25-13-10-22-47(51)48-23-11-14-26-52(48)61/h1-39H. The molecule has 3 nitrogen and oxygen atoms in total. The van der Waals surface area contributed by atoms with Crippen LogP contribution >= 0.6 is 0 Å². The first-order valence-electron chi connectivity index (χ1n) is 21.9. The van der Waals surface area contributed by atoms with Crippen molar-refractivity contribution >= 4 is 17.1 Å². The van der Waals surface area contributed by atoms with Crippen LogP contribution in [0.5, 0.6) is 23.0 Å². The molecular formula is C61H39NO2. The van der Waals surface area contributed by atoms with Crippen molar-refractivity contribution in [2.24, 2.45) is 0 Å². The first-order valence-corrected chi connectivity index (χ1v) is 21.9. The molecule has 0 atom stereocenters. The minimum absolute atomic E-state index is 0.484. The smallest absolute Gasteiger partial charge is 0.178 e.